The van der Waals surface area contributed by atoms with Gasteiger partial charge in [0.1, 0.15) is 22.9 Å². The summed E-state index contributed by atoms with van der Waals surface area (Å²) in [6.07, 6.45) is 13.5. The summed E-state index contributed by atoms with van der Waals surface area (Å²) in [5.41, 5.74) is 8.84. The number of allylic oxidation sites excluding steroid dienone is 1. The molecule has 2 aromatic heterocycles. The van der Waals surface area contributed by atoms with Crippen LogP contribution in [-0.2, 0) is 9.53 Å². The van der Waals surface area contributed by atoms with Gasteiger partial charge in [-0.15, -0.1) is 0 Å². The second-order valence-electron chi connectivity index (χ2n) is 9.13. The molecule has 1 saturated heterocycles. The highest BCUT2D eigenvalue weighted by Gasteiger charge is 2.32. The average molecular weight is 531 g/mol. The fourth-order valence-electron chi connectivity index (χ4n) is 4.73. The predicted molar refractivity (Wildman–Crippen MR) is 151 cm³/mol. The van der Waals surface area contributed by atoms with Crippen molar-refractivity contribution < 1.29 is 14.3 Å². The molecule has 5 N–H and O–H groups in total. The molecule has 1 aliphatic rings. The van der Waals surface area contributed by atoms with Gasteiger partial charge in [0.15, 0.2) is 5.84 Å². The van der Waals surface area contributed by atoms with Gasteiger partial charge in [-0.25, -0.2) is 9.97 Å². The number of likely N-dealkylation sites (tertiary alicyclic amines) is 1. The first-order valence-corrected chi connectivity index (χ1v) is 12.9. The molecule has 1 aliphatic heterocycles. The van der Waals surface area contributed by atoms with Gasteiger partial charge in [0.2, 0.25) is 5.91 Å². The number of imidazole rings is 1. The quantitative estimate of drug-likeness (QED) is 0.133. The van der Waals surface area contributed by atoms with Crippen LogP contribution in [0.15, 0.2) is 66.1 Å². The number of hydrazone groups is 1. The minimum absolute atomic E-state index is 0.0426. The first-order chi connectivity index (χ1) is 19.0. The van der Waals surface area contributed by atoms with Crippen LogP contribution in [0, 0.1) is 0 Å². The maximum absolute atomic E-state index is 13.2. The van der Waals surface area contributed by atoms with Crippen molar-refractivity contribution in [3.8, 4) is 11.3 Å². The van der Waals surface area contributed by atoms with Crippen molar-refractivity contribution in [3.63, 3.8) is 0 Å². The van der Waals surface area contributed by atoms with Crippen molar-refractivity contribution in [2.45, 2.75) is 38.6 Å². The van der Waals surface area contributed by atoms with Gasteiger partial charge >= 0.3 is 0 Å². The minimum Gasteiger partial charge on any atom is -0.382 e. The molecule has 3 heterocycles. The molecule has 2 amide bonds. The molecular weight excluding hydrogens is 496 g/mol. The number of nitrogens with one attached hydrogen (secondary N) is 1. The number of aromatic nitrogens is 3. The molecule has 1 fully saturated rings. The van der Waals surface area contributed by atoms with Crippen LogP contribution in [-0.4, -0.2) is 57.2 Å². The highest BCUT2D eigenvalue weighted by atomic mass is 16.5. The lowest BCUT2D eigenvalue weighted by Crippen LogP contribution is -2.39. The van der Waals surface area contributed by atoms with Gasteiger partial charge in [-0.1, -0.05) is 30.4 Å². The number of nitrogens with two attached hydrogens (primary N) is 2. The lowest BCUT2D eigenvalue weighted by atomic mass is 10.0. The van der Waals surface area contributed by atoms with Gasteiger partial charge in [-0.3, -0.25) is 14.0 Å². The van der Waals surface area contributed by atoms with Gasteiger partial charge in [0.05, 0.1) is 12.6 Å². The van der Waals surface area contributed by atoms with Crippen LogP contribution < -0.4 is 16.9 Å². The average Bonchev–Trinajstić information content (AvgIpc) is 3.36. The number of fused-ring (bicyclic) bond motifs is 1. The van der Waals surface area contributed by atoms with E-state index in [9.17, 15) is 9.59 Å². The minimum atomic E-state index is -0.337. The monoisotopic (exact) mass is 530 g/mol. The molecule has 3 aromatic rings. The number of amidine groups is 1. The van der Waals surface area contributed by atoms with Crippen LogP contribution in [0.2, 0.25) is 0 Å². The van der Waals surface area contributed by atoms with Crippen LogP contribution in [0.3, 0.4) is 0 Å². The van der Waals surface area contributed by atoms with E-state index in [0.717, 1.165) is 30.7 Å². The number of rotatable bonds is 8. The van der Waals surface area contributed by atoms with Gasteiger partial charge in [-0.05, 0) is 44.4 Å². The molecule has 11 heteroatoms. The number of benzene rings is 1. The number of ether oxygens (including phenoxy) is 1. The second-order valence-corrected chi connectivity index (χ2v) is 9.13. The van der Waals surface area contributed by atoms with Crippen molar-refractivity contribution in [3.05, 3.63) is 72.4 Å². The number of carbonyl (C=O) groups is 2. The largest absolute Gasteiger partial charge is 0.382 e. The highest BCUT2D eigenvalue weighted by Crippen LogP contribution is 2.36. The van der Waals surface area contributed by atoms with Crippen molar-refractivity contribution in [2.75, 3.05) is 26.0 Å². The van der Waals surface area contributed by atoms with Gasteiger partial charge < -0.3 is 26.5 Å². The number of piperidine rings is 1. The number of hydrogen-bond donors (Lipinski definition) is 3. The van der Waals surface area contributed by atoms with E-state index < -0.39 is 0 Å². The molecular formula is C28H34N8O3. The summed E-state index contributed by atoms with van der Waals surface area (Å²) in [6, 6.07) is 6.83. The third kappa shape index (κ3) is 6.15. The smallest absolute Gasteiger partial charge is 0.256 e. The second kappa shape index (κ2) is 12.8. The van der Waals surface area contributed by atoms with E-state index in [1.54, 1.807) is 44.5 Å². The maximum atomic E-state index is 13.2. The van der Waals surface area contributed by atoms with Crippen LogP contribution in [0.4, 0.5) is 5.82 Å². The Hall–Kier alpha value is -4.51. The molecule has 204 valence electrons. The zero-order valence-corrected chi connectivity index (χ0v) is 22.2. The zero-order valence-electron chi connectivity index (χ0n) is 22.2. The highest BCUT2D eigenvalue weighted by molar-refractivity contribution is 6.10. The molecule has 0 aliphatic carbocycles. The number of hydrogen-bond acceptors (Lipinski definition) is 8. The molecule has 1 atom stereocenters. The van der Waals surface area contributed by atoms with Crippen molar-refractivity contribution in [1.82, 2.24) is 24.6 Å². The normalized spacial score (nSPS) is 16.4. The van der Waals surface area contributed by atoms with E-state index in [4.69, 9.17) is 21.3 Å². The molecule has 39 heavy (non-hydrogen) atoms. The van der Waals surface area contributed by atoms with E-state index in [1.165, 1.54) is 0 Å². The van der Waals surface area contributed by atoms with Crippen LogP contribution in [0.5, 0.6) is 0 Å². The molecule has 0 spiro atoms. The third-order valence-corrected chi connectivity index (χ3v) is 6.58. The lowest BCUT2D eigenvalue weighted by Gasteiger charge is -2.35. The number of carbonyl (C=O) groups excluding carboxylic acids is 2. The Kier molecular flexibility index (Phi) is 9.06. The van der Waals surface area contributed by atoms with Crippen molar-refractivity contribution in [2.24, 2.45) is 10.9 Å². The first-order valence-electron chi connectivity index (χ1n) is 12.9. The molecule has 11 nitrogen and oxygen atoms in total. The zero-order chi connectivity index (χ0) is 27.8. The number of nitrogen functional groups attached to an aromatic ring is 1. The van der Waals surface area contributed by atoms with E-state index >= 15 is 0 Å². The fraction of sp³-hybridized carbons (Fsp3) is 0.321. The SMILES string of the molecule is C/C=C\C(=N/N)NC(=O)c1ccc(-c2nc(C3CCCCN3C(=O)C/C=C/COC)n3ccnc(N)c23)cc1. The topological polar surface area (TPSA) is 153 Å². The summed E-state index contributed by atoms with van der Waals surface area (Å²) in [7, 11) is 1.62. The molecule has 1 unspecified atom stereocenters. The number of nitrogens with zero attached hydrogens (tertiary/aromatic N) is 5. The molecule has 0 bridgehead atoms. The van der Waals surface area contributed by atoms with E-state index in [-0.39, 0.29) is 23.7 Å². The number of amides is 2. The molecule has 0 saturated carbocycles. The fourth-order valence-corrected chi connectivity index (χ4v) is 4.73. The molecule has 4 rings (SSSR count). The Labute approximate surface area is 227 Å². The summed E-state index contributed by atoms with van der Waals surface area (Å²) in [6.45, 7) is 2.94. The van der Waals surface area contributed by atoms with Crippen molar-refractivity contribution in [1.29, 1.82) is 0 Å². The summed E-state index contributed by atoms with van der Waals surface area (Å²) in [5.74, 6) is 6.38. The molecule has 0 radical (unpaired) electrons. The van der Waals surface area contributed by atoms with Crippen molar-refractivity contribution >= 4 is 29.0 Å². The Bertz CT molecular complexity index is 1410. The maximum Gasteiger partial charge on any atom is 0.256 e. The van der Waals surface area contributed by atoms with Crippen LogP contribution in [0.25, 0.3) is 16.8 Å². The van der Waals surface area contributed by atoms with E-state index in [0.29, 0.717) is 42.2 Å². The number of anilines is 1. The Morgan fingerprint density at radius 1 is 1.23 bits per heavy atom. The standard InChI is InChI=1S/C28H34N8O3/c1-3-8-22(34-30)32-28(38)20-13-11-19(12-14-20)24-25-26(29)31-15-17-36(25)27(33-24)21-9-4-6-16-35(21)23(37)10-5-7-18-39-2/h3,5,7-8,11-15,17,21H,4,6,9-10,16,18,30H2,1-2H3,(H2,29,31)(H,32,34,38)/b7-5+,8-3-. The lowest BCUT2D eigenvalue weighted by molar-refractivity contribution is -0.134. The van der Waals surface area contributed by atoms with E-state index in [2.05, 4.69) is 15.4 Å². The Balaban J connectivity index is 1.67. The Morgan fingerprint density at radius 2 is 2.03 bits per heavy atom. The van der Waals surface area contributed by atoms with Gasteiger partial charge in [0.25, 0.3) is 5.91 Å². The number of methoxy groups -OCH3 is 1. The van der Waals surface area contributed by atoms with Gasteiger partial charge in [-0.2, -0.15) is 5.10 Å². The summed E-state index contributed by atoms with van der Waals surface area (Å²) < 4.78 is 6.97. The Morgan fingerprint density at radius 3 is 2.74 bits per heavy atom. The summed E-state index contributed by atoms with van der Waals surface area (Å²) in [4.78, 5) is 37.0. The third-order valence-electron chi connectivity index (χ3n) is 6.58. The van der Waals surface area contributed by atoms with Gasteiger partial charge in [0, 0.05) is 43.6 Å². The van der Waals surface area contributed by atoms with Crippen LogP contribution >= 0.6 is 0 Å². The predicted octanol–water partition coefficient (Wildman–Crippen LogP) is 3.20. The summed E-state index contributed by atoms with van der Waals surface area (Å²) in [5, 5.41) is 6.24. The summed E-state index contributed by atoms with van der Waals surface area (Å²) >= 11 is 0. The first kappa shape index (κ1) is 27.5. The van der Waals surface area contributed by atoms with Crippen LogP contribution in [0.1, 0.15) is 54.8 Å². The molecule has 1 aromatic carbocycles. The van der Waals surface area contributed by atoms with E-state index in [1.807, 2.05) is 39.8 Å².